The average Bonchev–Trinajstić information content (AvgIpc) is 3.79. The number of nitrogens with zero attached hydrogens (tertiary/aromatic N) is 8. The van der Waals surface area contributed by atoms with Crippen LogP contribution in [-0.2, 0) is 34.5 Å². The number of aliphatic hydroxyl groups is 1. The highest BCUT2D eigenvalue weighted by atomic mass is 19.4. The van der Waals surface area contributed by atoms with Gasteiger partial charge in [-0.15, -0.1) is 0 Å². The van der Waals surface area contributed by atoms with Gasteiger partial charge in [-0.05, 0) is 87.1 Å². The monoisotopic (exact) mass is 928 g/mol. The van der Waals surface area contributed by atoms with Crippen LogP contribution >= 0.6 is 0 Å². The zero-order valence-corrected chi connectivity index (χ0v) is 38.5. The molecular weight excluding hydrogens is 866 g/mol. The molecule has 2 aromatic carbocycles. The summed E-state index contributed by atoms with van der Waals surface area (Å²) in [4.78, 5) is 54.1. The molecule has 15 nitrogen and oxygen atoms in total. The number of piperazine rings is 1. The topological polar surface area (TPSA) is 155 Å². The third kappa shape index (κ3) is 11.1. The molecule has 1 unspecified atom stereocenters. The highest BCUT2D eigenvalue weighted by Crippen LogP contribution is 2.37. The second kappa shape index (κ2) is 20.2. The molecule has 2 amide bonds. The van der Waals surface area contributed by atoms with E-state index < -0.39 is 30.6 Å². The number of imidazole rings is 1. The number of imide groups is 1. The summed E-state index contributed by atoms with van der Waals surface area (Å²) in [6, 6.07) is 13.2. The molecule has 3 saturated heterocycles. The third-order valence-corrected chi connectivity index (χ3v) is 14.3. The van der Waals surface area contributed by atoms with Gasteiger partial charge in [0.1, 0.15) is 11.7 Å². The van der Waals surface area contributed by atoms with E-state index in [1.807, 2.05) is 18.2 Å². The number of amides is 2. The molecule has 3 aromatic heterocycles. The Hall–Kier alpha value is -5.14. The standard InChI is InChI=1S/C49H63F3N10O5/c1-32(27-49(50,51)52)54-47-53-28-39-40(31-61(45(39)56-47)36-9-11-37(63)12-10-36)35-7-4-33(5-8-35)29-60-23-21-58(22-24-60)18-3-25-67-38-16-19-59(20-17-38)30-34-6-13-41-43(26-34)57(2)48(66)62(41)42-14-15-44(64)55-46(42)65/h4-8,13,26,28,31-32,36-38,42,63H,3,9-12,14-25,27,29-30H2,1-2H3,(H,53,54,56)(H,55,64,65)/t32-,36-,37-,42?/m0/s1. The highest BCUT2D eigenvalue weighted by molar-refractivity contribution is 6.00. The number of carbonyl (C=O) groups excluding carboxylic acids is 2. The van der Waals surface area contributed by atoms with E-state index in [1.54, 1.807) is 17.8 Å². The van der Waals surface area contributed by atoms with Crippen molar-refractivity contribution in [3.8, 4) is 11.1 Å². The number of carbonyl (C=O) groups is 2. The quantitative estimate of drug-likeness (QED) is 0.0819. The van der Waals surface area contributed by atoms with Crippen molar-refractivity contribution in [1.29, 1.82) is 0 Å². The van der Waals surface area contributed by atoms with Crippen LogP contribution in [0.1, 0.15) is 94.3 Å². The van der Waals surface area contributed by atoms with Gasteiger partial charge in [-0.3, -0.25) is 33.8 Å². The Labute approximate surface area is 388 Å². The summed E-state index contributed by atoms with van der Waals surface area (Å²) in [7, 11) is 1.73. The first kappa shape index (κ1) is 46.9. The molecule has 3 aliphatic heterocycles. The number of aliphatic hydroxyl groups excluding tert-OH is 1. The number of rotatable bonds is 15. The number of anilines is 1. The maximum absolute atomic E-state index is 13.2. The number of nitrogens with one attached hydrogen (secondary N) is 2. The van der Waals surface area contributed by atoms with Gasteiger partial charge in [0.15, 0.2) is 0 Å². The summed E-state index contributed by atoms with van der Waals surface area (Å²) in [5.41, 5.74) is 6.27. The molecule has 4 fully saturated rings. The number of hydrogen-bond acceptors (Lipinski definition) is 11. The maximum Gasteiger partial charge on any atom is 0.391 e. The molecule has 3 N–H and O–H groups in total. The smallest absolute Gasteiger partial charge is 0.391 e. The average molecular weight is 929 g/mol. The van der Waals surface area contributed by atoms with Gasteiger partial charge >= 0.3 is 11.9 Å². The Balaban J connectivity index is 0.708. The van der Waals surface area contributed by atoms with E-state index in [1.165, 1.54) is 17.1 Å². The van der Waals surface area contributed by atoms with Crippen LogP contribution in [0.15, 0.2) is 59.7 Å². The van der Waals surface area contributed by atoms with E-state index in [2.05, 4.69) is 65.3 Å². The molecule has 0 spiro atoms. The van der Waals surface area contributed by atoms with Gasteiger partial charge in [-0.2, -0.15) is 18.2 Å². The van der Waals surface area contributed by atoms with Gasteiger partial charge < -0.3 is 24.6 Å². The van der Waals surface area contributed by atoms with E-state index in [9.17, 15) is 32.7 Å². The maximum atomic E-state index is 13.2. The number of likely N-dealkylation sites (tertiary alicyclic amines) is 1. The molecule has 1 saturated carbocycles. The second-order valence-electron chi connectivity index (χ2n) is 19.2. The lowest BCUT2D eigenvalue weighted by atomic mass is 9.93. The van der Waals surface area contributed by atoms with Crippen molar-refractivity contribution in [3.05, 3.63) is 76.5 Å². The Morgan fingerprint density at radius 1 is 0.866 bits per heavy atom. The Bertz CT molecular complexity index is 2590. The van der Waals surface area contributed by atoms with Crippen LogP contribution in [0, 0.1) is 0 Å². The molecule has 360 valence electrons. The van der Waals surface area contributed by atoms with Crippen LogP contribution < -0.4 is 16.3 Å². The van der Waals surface area contributed by atoms with Crippen molar-refractivity contribution in [3.63, 3.8) is 0 Å². The number of piperidine rings is 2. The van der Waals surface area contributed by atoms with Crippen molar-refractivity contribution in [2.24, 2.45) is 7.05 Å². The SMILES string of the molecule is C[C@@H](CC(F)(F)F)Nc1ncc2c(-c3ccc(CN4CCN(CCCOC5CCN(Cc6ccc7c(c6)n(C)c(=O)n7C6CCC(=O)NC6=O)CC5)CC4)cc3)cn([C@H]3CC[C@H](O)CC3)c2n1. The summed E-state index contributed by atoms with van der Waals surface area (Å²) < 4.78 is 50.8. The molecule has 0 bridgehead atoms. The first-order chi connectivity index (χ1) is 32.2. The van der Waals surface area contributed by atoms with Crippen LogP contribution in [0.2, 0.25) is 0 Å². The lowest BCUT2D eigenvalue weighted by Crippen LogP contribution is -2.46. The van der Waals surface area contributed by atoms with Crippen molar-refractivity contribution < 1.29 is 32.6 Å². The van der Waals surface area contributed by atoms with Crippen LogP contribution in [0.5, 0.6) is 0 Å². The number of ether oxygens (including phenoxy) is 1. The molecule has 9 rings (SSSR count). The molecule has 1 aliphatic carbocycles. The fourth-order valence-corrected chi connectivity index (χ4v) is 10.5. The molecule has 5 aromatic rings. The van der Waals surface area contributed by atoms with Crippen molar-refractivity contribution in [2.75, 3.05) is 57.7 Å². The zero-order chi connectivity index (χ0) is 46.8. The number of alkyl halides is 3. The number of hydrogen-bond donors (Lipinski definition) is 3. The molecular formula is C49H63F3N10O5. The van der Waals surface area contributed by atoms with Crippen molar-refractivity contribution >= 4 is 39.8 Å². The van der Waals surface area contributed by atoms with E-state index in [-0.39, 0.29) is 42.2 Å². The van der Waals surface area contributed by atoms with Crippen molar-refractivity contribution in [1.82, 2.24) is 43.7 Å². The first-order valence-electron chi connectivity index (χ1n) is 24.0. The molecule has 0 radical (unpaired) electrons. The number of fused-ring (bicyclic) bond motifs is 2. The van der Waals surface area contributed by atoms with E-state index in [0.717, 1.165) is 125 Å². The molecule has 4 aliphatic rings. The second-order valence-corrected chi connectivity index (χ2v) is 19.2. The van der Waals surface area contributed by atoms with Crippen LogP contribution in [0.4, 0.5) is 19.1 Å². The highest BCUT2D eigenvalue weighted by Gasteiger charge is 2.33. The lowest BCUT2D eigenvalue weighted by Gasteiger charge is -2.35. The minimum absolute atomic E-state index is 0.128. The van der Waals surface area contributed by atoms with Crippen molar-refractivity contribution in [2.45, 2.75) is 121 Å². The van der Waals surface area contributed by atoms with Gasteiger partial charge in [0.05, 0.1) is 29.7 Å². The fourth-order valence-electron chi connectivity index (χ4n) is 10.5. The summed E-state index contributed by atoms with van der Waals surface area (Å²) in [6.45, 7) is 10.8. The number of benzene rings is 2. The van der Waals surface area contributed by atoms with Gasteiger partial charge in [0.2, 0.25) is 17.8 Å². The fraction of sp³-hybridized carbons (Fsp3) is 0.571. The van der Waals surface area contributed by atoms with E-state index in [4.69, 9.17) is 9.72 Å². The summed E-state index contributed by atoms with van der Waals surface area (Å²) in [6.07, 6.45) is 4.94. The Kier molecular flexibility index (Phi) is 14.2. The number of halogens is 3. The number of aromatic nitrogens is 5. The Morgan fingerprint density at radius 2 is 1.55 bits per heavy atom. The minimum atomic E-state index is -4.29. The molecule has 18 heteroatoms. The minimum Gasteiger partial charge on any atom is -0.393 e. The summed E-state index contributed by atoms with van der Waals surface area (Å²) in [5.74, 6) is -0.557. The van der Waals surface area contributed by atoms with Crippen LogP contribution in [0.3, 0.4) is 0 Å². The van der Waals surface area contributed by atoms with E-state index in [0.29, 0.717) is 30.4 Å². The van der Waals surface area contributed by atoms with Gasteiger partial charge in [-0.1, -0.05) is 30.3 Å². The largest absolute Gasteiger partial charge is 0.393 e. The first-order valence-corrected chi connectivity index (χ1v) is 24.0. The van der Waals surface area contributed by atoms with Gasteiger partial charge in [0.25, 0.3) is 0 Å². The summed E-state index contributed by atoms with van der Waals surface area (Å²) in [5, 5.41) is 16.2. The lowest BCUT2D eigenvalue weighted by molar-refractivity contribution is -0.137. The van der Waals surface area contributed by atoms with Crippen LogP contribution in [0.25, 0.3) is 33.2 Å². The molecule has 2 atom stereocenters. The zero-order valence-electron chi connectivity index (χ0n) is 38.5. The number of aryl methyl sites for hydroxylation is 1. The normalized spacial score (nSPS) is 22.4. The van der Waals surface area contributed by atoms with Gasteiger partial charge in [0, 0.05) is 114 Å². The summed E-state index contributed by atoms with van der Waals surface area (Å²) >= 11 is 0. The third-order valence-electron chi connectivity index (χ3n) is 14.3. The van der Waals surface area contributed by atoms with Gasteiger partial charge in [-0.25, -0.2) is 9.78 Å². The molecule has 6 heterocycles. The predicted molar refractivity (Wildman–Crippen MR) is 249 cm³/mol. The Morgan fingerprint density at radius 3 is 2.27 bits per heavy atom. The van der Waals surface area contributed by atoms with E-state index >= 15 is 0 Å². The predicted octanol–water partition coefficient (Wildman–Crippen LogP) is 6.15. The molecule has 67 heavy (non-hydrogen) atoms. The van der Waals surface area contributed by atoms with Crippen LogP contribution in [-0.4, -0.2) is 132 Å².